The highest BCUT2D eigenvalue weighted by atomic mass is 16.4. The van der Waals surface area contributed by atoms with Crippen molar-refractivity contribution in [1.29, 1.82) is 0 Å². The maximum absolute atomic E-state index is 11.3. The summed E-state index contributed by atoms with van der Waals surface area (Å²) in [4.78, 5) is 15.8. The zero-order valence-corrected chi connectivity index (χ0v) is 11.6. The van der Waals surface area contributed by atoms with E-state index >= 15 is 0 Å². The maximum atomic E-state index is 11.3. The minimum Gasteiger partial charge on any atom is -0.478 e. The number of aromatic nitrogens is 4. The average Bonchev–Trinajstić information content (AvgIpc) is 3.13. The first-order chi connectivity index (χ1) is 10.2. The van der Waals surface area contributed by atoms with Crippen LogP contribution in [0.4, 0.5) is 5.82 Å². The smallest absolute Gasteiger partial charge is 0.339 e. The number of carbonyl (C=O) groups is 1. The molecule has 0 aliphatic heterocycles. The topological polar surface area (TPSA) is 92.9 Å². The lowest BCUT2D eigenvalue weighted by Gasteiger charge is -2.11. The number of aromatic carboxylic acids is 1. The maximum Gasteiger partial charge on any atom is 0.339 e. The van der Waals surface area contributed by atoms with Gasteiger partial charge in [-0.2, -0.15) is 0 Å². The van der Waals surface area contributed by atoms with Gasteiger partial charge in [0, 0.05) is 25.0 Å². The van der Waals surface area contributed by atoms with Crippen LogP contribution in [-0.4, -0.2) is 37.6 Å². The first-order valence-electron chi connectivity index (χ1n) is 7.08. The lowest BCUT2D eigenvalue weighted by atomic mass is 10.1. The van der Waals surface area contributed by atoms with Crippen molar-refractivity contribution in [2.75, 3.05) is 11.9 Å². The summed E-state index contributed by atoms with van der Waals surface area (Å²) < 4.78 is 1.75. The molecule has 0 unspecified atom stereocenters. The van der Waals surface area contributed by atoms with Crippen LogP contribution in [0, 0.1) is 0 Å². The highest BCUT2D eigenvalue weighted by Gasteiger charge is 2.19. The predicted octanol–water partition coefficient (Wildman–Crippen LogP) is 1.36. The Labute approximate surface area is 122 Å². The summed E-state index contributed by atoms with van der Waals surface area (Å²) in [5.41, 5.74) is 2.36. The number of hydrogen-bond acceptors (Lipinski definition) is 5. The van der Waals surface area contributed by atoms with Crippen molar-refractivity contribution in [3.05, 3.63) is 35.3 Å². The number of nitrogens with zero attached hydrogens (tertiary/aromatic N) is 4. The summed E-state index contributed by atoms with van der Waals surface area (Å²) in [6, 6.07) is 1.76. The van der Waals surface area contributed by atoms with Crippen LogP contribution in [0.1, 0.15) is 34.5 Å². The molecular weight excluding hydrogens is 270 g/mol. The van der Waals surface area contributed by atoms with Gasteiger partial charge in [-0.15, -0.1) is 5.10 Å². The van der Waals surface area contributed by atoms with Crippen molar-refractivity contribution in [3.8, 4) is 0 Å². The quantitative estimate of drug-likeness (QED) is 0.779. The molecular formula is C14H17N5O2. The van der Waals surface area contributed by atoms with Gasteiger partial charge in [-0.05, 0) is 37.3 Å². The molecule has 7 nitrogen and oxygen atoms in total. The first kappa shape index (κ1) is 13.5. The first-order valence-corrected chi connectivity index (χ1v) is 7.08. The third-order valence-corrected chi connectivity index (χ3v) is 3.61. The van der Waals surface area contributed by atoms with Gasteiger partial charge in [0.15, 0.2) is 0 Å². The Balaban J connectivity index is 1.65. The van der Waals surface area contributed by atoms with Gasteiger partial charge in [0.1, 0.15) is 11.4 Å². The molecule has 21 heavy (non-hydrogen) atoms. The Morgan fingerprint density at radius 3 is 3.10 bits per heavy atom. The fraction of sp³-hybridized carbons (Fsp3) is 0.429. The zero-order valence-electron chi connectivity index (χ0n) is 11.6. The van der Waals surface area contributed by atoms with Crippen LogP contribution in [-0.2, 0) is 19.4 Å². The molecule has 0 bridgehead atoms. The summed E-state index contributed by atoms with van der Waals surface area (Å²) in [6.07, 6.45) is 7.17. The lowest BCUT2D eigenvalue weighted by Crippen LogP contribution is -2.13. The van der Waals surface area contributed by atoms with E-state index in [1.54, 1.807) is 23.1 Å². The van der Waals surface area contributed by atoms with Gasteiger partial charge in [0.2, 0.25) is 0 Å². The Morgan fingerprint density at radius 1 is 1.43 bits per heavy atom. The number of carboxylic acid groups (broad SMARTS) is 1. The molecule has 2 heterocycles. The van der Waals surface area contributed by atoms with E-state index in [4.69, 9.17) is 0 Å². The summed E-state index contributed by atoms with van der Waals surface area (Å²) in [6.45, 7) is 1.38. The van der Waals surface area contributed by atoms with Crippen LogP contribution < -0.4 is 5.32 Å². The largest absolute Gasteiger partial charge is 0.478 e. The molecule has 0 saturated heterocycles. The van der Waals surface area contributed by atoms with Gasteiger partial charge in [-0.1, -0.05) is 5.21 Å². The standard InChI is InChI=1S/C14H17N5O2/c20-14(21)11-9-10-3-1-4-12(10)17-13(11)15-5-2-7-19-8-6-16-18-19/h6,8-9H,1-5,7H2,(H,15,17)(H,20,21). The Hall–Kier alpha value is -2.44. The minimum atomic E-state index is -0.934. The molecule has 3 rings (SSSR count). The molecule has 0 radical (unpaired) electrons. The van der Waals surface area contributed by atoms with Gasteiger partial charge in [-0.25, -0.2) is 9.78 Å². The number of rotatable bonds is 6. The summed E-state index contributed by atoms with van der Waals surface area (Å²) in [5, 5.41) is 20.1. The molecule has 2 aromatic rings. The number of anilines is 1. The monoisotopic (exact) mass is 287 g/mol. The van der Waals surface area contributed by atoms with Crippen LogP contribution in [0.3, 0.4) is 0 Å². The van der Waals surface area contributed by atoms with Crippen molar-refractivity contribution < 1.29 is 9.90 Å². The van der Waals surface area contributed by atoms with Crippen molar-refractivity contribution in [3.63, 3.8) is 0 Å². The molecule has 1 aliphatic rings. The van der Waals surface area contributed by atoms with Crippen molar-refractivity contribution >= 4 is 11.8 Å². The number of fused-ring (bicyclic) bond motifs is 1. The second-order valence-corrected chi connectivity index (χ2v) is 5.10. The summed E-state index contributed by atoms with van der Waals surface area (Å²) in [7, 11) is 0. The van der Waals surface area contributed by atoms with E-state index in [1.807, 2.05) is 0 Å². The van der Waals surface area contributed by atoms with E-state index in [0.29, 0.717) is 12.4 Å². The summed E-state index contributed by atoms with van der Waals surface area (Å²) >= 11 is 0. The molecule has 0 atom stereocenters. The van der Waals surface area contributed by atoms with Crippen LogP contribution in [0.5, 0.6) is 0 Å². The number of nitrogens with one attached hydrogen (secondary N) is 1. The molecule has 1 aliphatic carbocycles. The van der Waals surface area contributed by atoms with E-state index in [1.165, 1.54) is 0 Å². The zero-order chi connectivity index (χ0) is 14.7. The second kappa shape index (κ2) is 5.90. The third-order valence-electron chi connectivity index (χ3n) is 3.61. The van der Waals surface area contributed by atoms with Crippen molar-refractivity contribution in [1.82, 2.24) is 20.0 Å². The molecule has 0 saturated carbocycles. The minimum absolute atomic E-state index is 0.261. The molecule has 2 N–H and O–H groups in total. The Morgan fingerprint density at radius 2 is 2.33 bits per heavy atom. The van der Waals surface area contributed by atoms with Gasteiger partial charge < -0.3 is 10.4 Å². The van der Waals surface area contributed by atoms with E-state index in [2.05, 4.69) is 20.6 Å². The third kappa shape index (κ3) is 3.01. The van der Waals surface area contributed by atoms with E-state index < -0.39 is 5.97 Å². The fourth-order valence-electron chi connectivity index (χ4n) is 2.57. The van der Waals surface area contributed by atoms with Crippen LogP contribution >= 0.6 is 0 Å². The molecule has 110 valence electrons. The van der Waals surface area contributed by atoms with E-state index in [0.717, 1.165) is 43.5 Å². The molecule has 2 aromatic heterocycles. The van der Waals surface area contributed by atoms with Crippen LogP contribution in [0.25, 0.3) is 0 Å². The van der Waals surface area contributed by atoms with Gasteiger partial charge in [0.25, 0.3) is 0 Å². The van der Waals surface area contributed by atoms with E-state index in [9.17, 15) is 9.90 Å². The predicted molar refractivity (Wildman–Crippen MR) is 76.4 cm³/mol. The van der Waals surface area contributed by atoms with Crippen LogP contribution in [0.15, 0.2) is 18.5 Å². The van der Waals surface area contributed by atoms with E-state index in [-0.39, 0.29) is 5.56 Å². The van der Waals surface area contributed by atoms with Crippen molar-refractivity contribution in [2.24, 2.45) is 0 Å². The highest BCUT2D eigenvalue weighted by Crippen LogP contribution is 2.25. The summed E-state index contributed by atoms with van der Waals surface area (Å²) in [5.74, 6) is -0.460. The number of pyridine rings is 1. The van der Waals surface area contributed by atoms with Crippen LogP contribution in [0.2, 0.25) is 0 Å². The van der Waals surface area contributed by atoms with Crippen molar-refractivity contribution in [2.45, 2.75) is 32.2 Å². The van der Waals surface area contributed by atoms with Gasteiger partial charge in [0.05, 0.1) is 6.20 Å². The number of hydrogen-bond donors (Lipinski definition) is 2. The van der Waals surface area contributed by atoms with Gasteiger partial charge >= 0.3 is 5.97 Å². The molecule has 0 amide bonds. The lowest BCUT2D eigenvalue weighted by molar-refractivity contribution is 0.0697. The number of aryl methyl sites for hydroxylation is 3. The Kier molecular flexibility index (Phi) is 3.81. The molecule has 0 fully saturated rings. The fourth-order valence-corrected chi connectivity index (χ4v) is 2.57. The Bertz CT molecular complexity index is 639. The molecule has 0 spiro atoms. The molecule has 7 heteroatoms. The van der Waals surface area contributed by atoms with Gasteiger partial charge in [-0.3, -0.25) is 4.68 Å². The second-order valence-electron chi connectivity index (χ2n) is 5.10. The SMILES string of the molecule is O=C(O)c1cc2c(nc1NCCCn1ccnn1)CCC2. The highest BCUT2D eigenvalue weighted by molar-refractivity contribution is 5.93. The molecule has 0 aromatic carbocycles. The normalized spacial score (nSPS) is 13.1. The number of carboxylic acids is 1. The average molecular weight is 287 g/mol.